The Morgan fingerprint density at radius 3 is 2.00 bits per heavy atom. The van der Waals surface area contributed by atoms with Crippen molar-refractivity contribution in [1.29, 1.82) is 0 Å². The van der Waals surface area contributed by atoms with Crippen LogP contribution in [-0.2, 0) is 8.85 Å². The van der Waals surface area contributed by atoms with E-state index in [0.717, 1.165) is 26.1 Å². The maximum atomic E-state index is 5.90. The Labute approximate surface area is 98.8 Å². The molecule has 0 bridgehead atoms. The van der Waals surface area contributed by atoms with E-state index in [-0.39, 0.29) is 0 Å². The van der Waals surface area contributed by atoms with Crippen LogP contribution in [0, 0.1) is 0 Å². The Balaban J connectivity index is 3.50. The lowest BCUT2D eigenvalue weighted by Gasteiger charge is -2.16. The quantitative estimate of drug-likeness (QED) is 0.554. The predicted molar refractivity (Wildman–Crippen MR) is 72.7 cm³/mol. The van der Waals surface area contributed by atoms with E-state index in [9.17, 15) is 0 Å². The minimum Gasteiger partial charge on any atom is -0.420 e. The van der Waals surface area contributed by atoms with Gasteiger partial charge < -0.3 is 8.85 Å². The van der Waals surface area contributed by atoms with Gasteiger partial charge in [-0.25, -0.2) is 0 Å². The zero-order valence-electron chi connectivity index (χ0n) is 10.9. The van der Waals surface area contributed by atoms with Crippen LogP contribution >= 0.6 is 0 Å². The van der Waals surface area contributed by atoms with Crippen molar-refractivity contribution in [1.82, 2.24) is 0 Å². The molecule has 0 rings (SSSR count). The van der Waals surface area contributed by atoms with Gasteiger partial charge in [-0.05, 0) is 37.5 Å². The van der Waals surface area contributed by atoms with Crippen LogP contribution in [0.3, 0.4) is 0 Å². The summed E-state index contributed by atoms with van der Waals surface area (Å²) >= 11 is 0. The lowest BCUT2D eigenvalue weighted by molar-refractivity contribution is 0.313. The van der Waals surface area contributed by atoms with E-state index < -0.39 is 18.1 Å². The fourth-order valence-corrected chi connectivity index (χ4v) is 7.06. The van der Waals surface area contributed by atoms with Crippen molar-refractivity contribution in [2.24, 2.45) is 0 Å². The largest absolute Gasteiger partial charge is 0.420 e. The Morgan fingerprint density at radius 1 is 0.867 bits per heavy atom. The number of hydrogen-bond acceptors (Lipinski definition) is 2. The molecule has 0 saturated heterocycles. The Morgan fingerprint density at radius 2 is 1.47 bits per heavy atom. The SMILES string of the molecule is CCCO[SiH](C)CC[SiH](CC)OCCC. The molecule has 0 fully saturated rings. The molecule has 92 valence electrons. The van der Waals surface area contributed by atoms with Crippen LogP contribution in [0.2, 0.25) is 24.7 Å². The molecule has 2 atom stereocenters. The van der Waals surface area contributed by atoms with Crippen LogP contribution in [0.5, 0.6) is 0 Å². The van der Waals surface area contributed by atoms with Crippen molar-refractivity contribution in [2.75, 3.05) is 13.2 Å². The lowest BCUT2D eigenvalue weighted by atomic mass is 10.5. The second kappa shape index (κ2) is 10.9. The van der Waals surface area contributed by atoms with Crippen LogP contribution in [0.1, 0.15) is 33.6 Å². The summed E-state index contributed by atoms with van der Waals surface area (Å²) in [5, 5.41) is 0. The predicted octanol–water partition coefficient (Wildman–Crippen LogP) is 2.94. The van der Waals surface area contributed by atoms with E-state index in [1.165, 1.54) is 18.1 Å². The van der Waals surface area contributed by atoms with Crippen LogP contribution in [0.25, 0.3) is 0 Å². The Kier molecular flexibility index (Phi) is 11.1. The summed E-state index contributed by atoms with van der Waals surface area (Å²) in [6, 6.07) is 3.91. The molecule has 0 aliphatic heterocycles. The molecule has 2 nitrogen and oxygen atoms in total. The van der Waals surface area contributed by atoms with E-state index in [1.807, 2.05) is 0 Å². The summed E-state index contributed by atoms with van der Waals surface area (Å²) in [6.07, 6.45) is 2.31. The van der Waals surface area contributed by atoms with Crippen LogP contribution < -0.4 is 0 Å². The maximum Gasteiger partial charge on any atom is 0.176 e. The molecule has 0 aromatic heterocycles. The third-order valence-electron chi connectivity index (χ3n) is 2.51. The molecule has 0 aliphatic carbocycles. The average Bonchev–Trinajstić information content (AvgIpc) is 2.26. The molecule has 0 radical (unpaired) electrons. The molecule has 0 aromatic carbocycles. The van der Waals surface area contributed by atoms with Crippen molar-refractivity contribution < 1.29 is 8.85 Å². The van der Waals surface area contributed by atoms with Gasteiger partial charge in [0.05, 0.1) is 0 Å². The summed E-state index contributed by atoms with van der Waals surface area (Å²) in [5.41, 5.74) is 0. The lowest BCUT2D eigenvalue weighted by Crippen LogP contribution is -2.21. The molecular weight excluding hydrogens is 220 g/mol. The molecule has 0 heterocycles. The van der Waals surface area contributed by atoms with Crippen molar-refractivity contribution in [2.45, 2.75) is 58.3 Å². The summed E-state index contributed by atoms with van der Waals surface area (Å²) in [6.45, 7) is 10.9. The maximum absolute atomic E-state index is 5.90. The number of hydrogen-bond donors (Lipinski definition) is 0. The topological polar surface area (TPSA) is 18.5 Å². The third-order valence-corrected chi connectivity index (χ3v) is 7.73. The molecule has 0 aliphatic rings. The van der Waals surface area contributed by atoms with Crippen LogP contribution in [-0.4, -0.2) is 31.3 Å². The Bertz CT molecular complexity index is 134. The molecule has 2 unspecified atom stereocenters. The standard InChI is InChI=1S/C11H28O2Si2/c1-5-8-12-14(4)10-11-15(7-3)13-9-6-2/h14-15H,5-11H2,1-4H3. The molecule has 0 aromatic rings. The first-order chi connectivity index (χ1) is 7.24. The average molecular weight is 249 g/mol. The van der Waals surface area contributed by atoms with E-state index in [2.05, 4.69) is 27.3 Å². The molecule has 0 amide bonds. The first-order valence-electron chi connectivity index (χ1n) is 6.47. The van der Waals surface area contributed by atoms with Crippen molar-refractivity contribution in [3.8, 4) is 0 Å². The second-order valence-electron chi connectivity index (χ2n) is 4.16. The molecule has 0 saturated carbocycles. The summed E-state index contributed by atoms with van der Waals surface area (Å²) in [5.74, 6) is 0. The van der Waals surface area contributed by atoms with Crippen LogP contribution in [0.4, 0.5) is 0 Å². The van der Waals surface area contributed by atoms with Crippen molar-refractivity contribution in [3.05, 3.63) is 0 Å². The van der Waals surface area contributed by atoms with E-state index in [0.29, 0.717) is 0 Å². The van der Waals surface area contributed by atoms with Gasteiger partial charge in [-0.15, -0.1) is 0 Å². The van der Waals surface area contributed by atoms with Gasteiger partial charge in [-0.2, -0.15) is 0 Å². The molecular formula is C11H28O2Si2. The fourth-order valence-electron chi connectivity index (χ4n) is 1.51. The second-order valence-corrected chi connectivity index (χ2v) is 9.66. The molecule has 0 spiro atoms. The van der Waals surface area contributed by atoms with Gasteiger partial charge >= 0.3 is 0 Å². The normalized spacial score (nSPS) is 15.2. The summed E-state index contributed by atoms with van der Waals surface area (Å²) in [7, 11) is -1.73. The summed E-state index contributed by atoms with van der Waals surface area (Å²) in [4.78, 5) is 0. The highest BCUT2D eigenvalue weighted by Crippen LogP contribution is 2.09. The molecule has 15 heavy (non-hydrogen) atoms. The highest BCUT2D eigenvalue weighted by molar-refractivity contribution is 6.57. The van der Waals surface area contributed by atoms with Crippen molar-refractivity contribution in [3.63, 3.8) is 0 Å². The number of rotatable bonds is 10. The van der Waals surface area contributed by atoms with E-state index in [1.54, 1.807) is 0 Å². The third kappa shape index (κ3) is 9.29. The van der Waals surface area contributed by atoms with Gasteiger partial charge in [-0.3, -0.25) is 0 Å². The zero-order chi connectivity index (χ0) is 11.5. The first-order valence-corrected chi connectivity index (χ1v) is 11.0. The van der Waals surface area contributed by atoms with Gasteiger partial charge in [0.1, 0.15) is 0 Å². The highest BCUT2D eigenvalue weighted by Gasteiger charge is 2.12. The van der Waals surface area contributed by atoms with Gasteiger partial charge in [-0.1, -0.05) is 20.8 Å². The van der Waals surface area contributed by atoms with E-state index >= 15 is 0 Å². The monoisotopic (exact) mass is 248 g/mol. The van der Waals surface area contributed by atoms with Gasteiger partial charge in [0.25, 0.3) is 0 Å². The minimum atomic E-state index is -0.869. The van der Waals surface area contributed by atoms with Gasteiger partial charge in [0, 0.05) is 13.2 Å². The zero-order valence-corrected chi connectivity index (χ0v) is 13.2. The van der Waals surface area contributed by atoms with Crippen molar-refractivity contribution >= 4 is 18.1 Å². The fraction of sp³-hybridized carbons (Fsp3) is 1.00. The Hall–Kier alpha value is 0.354. The van der Waals surface area contributed by atoms with Crippen LogP contribution in [0.15, 0.2) is 0 Å². The first kappa shape index (κ1) is 15.4. The van der Waals surface area contributed by atoms with Gasteiger partial charge in [0.2, 0.25) is 0 Å². The van der Waals surface area contributed by atoms with E-state index in [4.69, 9.17) is 8.85 Å². The summed E-state index contributed by atoms with van der Waals surface area (Å²) < 4.78 is 11.7. The minimum absolute atomic E-state index is 0.866. The molecule has 0 N–H and O–H groups in total. The molecule has 4 heteroatoms. The van der Waals surface area contributed by atoms with Gasteiger partial charge in [0.15, 0.2) is 18.1 Å². The smallest absolute Gasteiger partial charge is 0.176 e. The highest BCUT2D eigenvalue weighted by atomic mass is 28.3.